The normalized spacial score (nSPS) is 11.1. The highest BCUT2D eigenvalue weighted by Crippen LogP contribution is 2.22. The van der Waals surface area contributed by atoms with Gasteiger partial charge in [-0.2, -0.15) is 0 Å². The minimum absolute atomic E-state index is 0.554. The molecule has 96 valence electrons. The van der Waals surface area contributed by atoms with E-state index in [9.17, 15) is 0 Å². The molecule has 3 heteroatoms. The quantitative estimate of drug-likeness (QED) is 0.760. The first-order valence-electron chi connectivity index (χ1n) is 6.43. The third-order valence-corrected chi connectivity index (χ3v) is 3.59. The summed E-state index contributed by atoms with van der Waals surface area (Å²) in [7, 11) is 0. The number of benzene rings is 2. The maximum atomic E-state index is 5.70. The Morgan fingerprint density at radius 3 is 2.68 bits per heavy atom. The first-order valence-corrected chi connectivity index (χ1v) is 6.43. The molecule has 0 saturated heterocycles. The zero-order chi connectivity index (χ0) is 13.4. The first kappa shape index (κ1) is 11.9. The van der Waals surface area contributed by atoms with E-state index in [0.29, 0.717) is 6.54 Å². The Morgan fingerprint density at radius 1 is 1.11 bits per heavy atom. The minimum Gasteiger partial charge on any atom is -0.326 e. The number of fused-ring (bicyclic) bond motifs is 1. The maximum Gasteiger partial charge on any atom is 0.100 e. The minimum atomic E-state index is 0.554. The molecule has 0 amide bonds. The molecule has 0 aliphatic heterocycles. The van der Waals surface area contributed by atoms with Gasteiger partial charge in [0.15, 0.2) is 0 Å². The van der Waals surface area contributed by atoms with E-state index in [4.69, 9.17) is 5.73 Å². The average molecular weight is 251 g/mol. The molecule has 0 atom stereocenters. The summed E-state index contributed by atoms with van der Waals surface area (Å²) < 4.78 is 2.11. The Bertz CT molecular complexity index is 741. The van der Waals surface area contributed by atoms with Gasteiger partial charge in [0.1, 0.15) is 6.33 Å². The van der Waals surface area contributed by atoms with Crippen molar-refractivity contribution in [2.75, 3.05) is 0 Å². The van der Waals surface area contributed by atoms with E-state index in [1.165, 1.54) is 11.1 Å². The lowest BCUT2D eigenvalue weighted by Gasteiger charge is -2.07. The Hall–Kier alpha value is -2.13. The summed E-state index contributed by atoms with van der Waals surface area (Å²) in [6.45, 7) is 4.80. The van der Waals surface area contributed by atoms with Crippen LogP contribution in [-0.2, 0) is 6.54 Å². The molecule has 0 saturated carbocycles. The molecule has 3 aromatic rings. The predicted molar refractivity (Wildman–Crippen MR) is 78.4 cm³/mol. The predicted octanol–water partition coefficient (Wildman–Crippen LogP) is 3.10. The largest absolute Gasteiger partial charge is 0.326 e. The summed E-state index contributed by atoms with van der Waals surface area (Å²) in [5.41, 5.74) is 12.7. The van der Waals surface area contributed by atoms with Crippen molar-refractivity contribution in [1.29, 1.82) is 0 Å². The molecule has 2 aromatic carbocycles. The summed E-state index contributed by atoms with van der Waals surface area (Å²) in [5, 5.41) is 0. The average Bonchev–Trinajstić information content (AvgIpc) is 2.82. The number of nitrogens with two attached hydrogens (primary N) is 1. The molecule has 0 radical (unpaired) electrons. The second-order valence-electron chi connectivity index (χ2n) is 4.91. The van der Waals surface area contributed by atoms with Crippen molar-refractivity contribution in [3.63, 3.8) is 0 Å². The van der Waals surface area contributed by atoms with Crippen LogP contribution in [0, 0.1) is 13.8 Å². The van der Waals surface area contributed by atoms with Gasteiger partial charge in [0.25, 0.3) is 0 Å². The smallest absolute Gasteiger partial charge is 0.100 e. The van der Waals surface area contributed by atoms with E-state index in [2.05, 4.69) is 47.7 Å². The van der Waals surface area contributed by atoms with Crippen molar-refractivity contribution in [3.05, 3.63) is 59.4 Å². The zero-order valence-electron chi connectivity index (χ0n) is 11.2. The van der Waals surface area contributed by atoms with Crippen molar-refractivity contribution in [2.45, 2.75) is 20.4 Å². The fraction of sp³-hybridized carbons (Fsp3) is 0.188. The number of imidazole rings is 1. The van der Waals surface area contributed by atoms with Crippen molar-refractivity contribution in [1.82, 2.24) is 9.55 Å². The lowest BCUT2D eigenvalue weighted by atomic mass is 10.1. The van der Waals surface area contributed by atoms with Crippen LogP contribution in [-0.4, -0.2) is 9.55 Å². The molecule has 0 bridgehead atoms. The summed E-state index contributed by atoms with van der Waals surface area (Å²) >= 11 is 0. The zero-order valence-corrected chi connectivity index (χ0v) is 11.2. The van der Waals surface area contributed by atoms with Crippen LogP contribution in [0.4, 0.5) is 0 Å². The van der Waals surface area contributed by atoms with Gasteiger partial charge in [0.05, 0.1) is 11.0 Å². The number of nitrogens with zero attached hydrogens (tertiary/aromatic N) is 2. The van der Waals surface area contributed by atoms with Crippen LogP contribution in [0.1, 0.15) is 16.7 Å². The Labute approximate surface area is 112 Å². The van der Waals surface area contributed by atoms with Crippen LogP contribution in [0.3, 0.4) is 0 Å². The van der Waals surface area contributed by atoms with E-state index in [-0.39, 0.29) is 0 Å². The molecule has 3 rings (SSSR count). The molecule has 0 unspecified atom stereocenters. The molecule has 19 heavy (non-hydrogen) atoms. The van der Waals surface area contributed by atoms with Gasteiger partial charge < -0.3 is 5.73 Å². The summed E-state index contributed by atoms with van der Waals surface area (Å²) in [4.78, 5) is 4.48. The van der Waals surface area contributed by atoms with Crippen molar-refractivity contribution in [3.8, 4) is 5.69 Å². The highest BCUT2D eigenvalue weighted by molar-refractivity contribution is 5.79. The molecule has 0 aliphatic rings. The topological polar surface area (TPSA) is 43.8 Å². The second kappa shape index (κ2) is 4.52. The molecule has 1 heterocycles. The van der Waals surface area contributed by atoms with Crippen molar-refractivity contribution >= 4 is 11.0 Å². The van der Waals surface area contributed by atoms with Crippen LogP contribution in [0.25, 0.3) is 16.7 Å². The second-order valence-corrected chi connectivity index (χ2v) is 4.91. The van der Waals surface area contributed by atoms with Crippen LogP contribution < -0.4 is 5.73 Å². The standard InChI is InChI=1S/C16H17N3/c1-11-6-15-16(7-12(11)2)19(10-18-15)14-5-3-4-13(8-14)9-17/h3-8,10H,9,17H2,1-2H3. The lowest BCUT2D eigenvalue weighted by molar-refractivity contribution is 1.04. The lowest BCUT2D eigenvalue weighted by Crippen LogP contribution is -1.98. The third-order valence-electron chi connectivity index (χ3n) is 3.59. The molecular weight excluding hydrogens is 234 g/mol. The molecule has 1 aromatic heterocycles. The molecule has 0 aliphatic carbocycles. The van der Waals surface area contributed by atoms with Crippen LogP contribution in [0.5, 0.6) is 0 Å². The van der Waals surface area contributed by atoms with Gasteiger partial charge in [0.2, 0.25) is 0 Å². The van der Waals surface area contributed by atoms with E-state index in [1.54, 1.807) is 0 Å². The highest BCUT2D eigenvalue weighted by atomic mass is 15.0. The molecular formula is C16H17N3. The van der Waals surface area contributed by atoms with Gasteiger partial charge in [0, 0.05) is 12.2 Å². The summed E-state index contributed by atoms with van der Waals surface area (Å²) in [5.74, 6) is 0. The van der Waals surface area contributed by atoms with Gasteiger partial charge in [-0.3, -0.25) is 4.57 Å². The number of aromatic nitrogens is 2. The summed E-state index contributed by atoms with van der Waals surface area (Å²) in [6, 6.07) is 12.6. The SMILES string of the molecule is Cc1cc2ncn(-c3cccc(CN)c3)c2cc1C. The Morgan fingerprint density at radius 2 is 1.89 bits per heavy atom. The Kier molecular flexibility index (Phi) is 2.84. The van der Waals surface area contributed by atoms with Crippen LogP contribution in [0.2, 0.25) is 0 Å². The van der Waals surface area contributed by atoms with E-state index < -0.39 is 0 Å². The van der Waals surface area contributed by atoms with E-state index in [0.717, 1.165) is 22.3 Å². The fourth-order valence-corrected chi connectivity index (χ4v) is 2.30. The number of aryl methyl sites for hydroxylation is 2. The number of rotatable bonds is 2. The Balaban J connectivity index is 2.22. The fourth-order valence-electron chi connectivity index (χ4n) is 2.30. The van der Waals surface area contributed by atoms with Crippen LogP contribution in [0.15, 0.2) is 42.7 Å². The van der Waals surface area contributed by atoms with Crippen molar-refractivity contribution in [2.24, 2.45) is 5.73 Å². The number of hydrogen-bond acceptors (Lipinski definition) is 2. The van der Waals surface area contributed by atoms with Gasteiger partial charge in [-0.05, 0) is 54.8 Å². The molecule has 2 N–H and O–H groups in total. The first-order chi connectivity index (χ1) is 9.19. The molecule has 0 fully saturated rings. The monoisotopic (exact) mass is 251 g/mol. The number of hydrogen-bond donors (Lipinski definition) is 1. The highest BCUT2D eigenvalue weighted by Gasteiger charge is 2.06. The van der Waals surface area contributed by atoms with Gasteiger partial charge in [-0.1, -0.05) is 12.1 Å². The molecule has 0 spiro atoms. The van der Waals surface area contributed by atoms with E-state index in [1.807, 2.05) is 18.5 Å². The van der Waals surface area contributed by atoms with Crippen LogP contribution >= 0.6 is 0 Å². The third kappa shape index (κ3) is 2.02. The van der Waals surface area contributed by atoms with Crippen molar-refractivity contribution < 1.29 is 0 Å². The van der Waals surface area contributed by atoms with Gasteiger partial charge in [-0.15, -0.1) is 0 Å². The molecule has 3 nitrogen and oxygen atoms in total. The maximum absolute atomic E-state index is 5.70. The summed E-state index contributed by atoms with van der Waals surface area (Å²) in [6.07, 6.45) is 1.87. The van der Waals surface area contributed by atoms with Gasteiger partial charge in [-0.25, -0.2) is 4.98 Å². The van der Waals surface area contributed by atoms with Gasteiger partial charge >= 0.3 is 0 Å². The van der Waals surface area contributed by atoms with E-state index >= 15 is 0 Å².